The van der Waals surface area contributed by atoms with E-state index in [1.54, 1.807) is 73.7 Å². The lowest BCUT2D eigenvalue weighted by atomic mass is 9.91. The molecule has 7 aromatic heterocycles. The second-order valence-electron chi connectivity index (χ2n) is 25.8. The Kier molecular flexibility index (Phi) is 24.7. The van der Waals surface area contributed by atoms with Crippen molar-refractivity contribution in [3.8, 4) is 89.5 Å². The summed E-state index contributed by atoms with van der Waals surface area (Å²) in [6.45, 7) is 5.95. The third kappa shape index (κ3) is 19.3. The van der Waals surface area contributed by atoms with Gasteiger partial charge in [0.05, 0.1) is 29.8 Å². The Bertz CT molecular complexity index is 4770. The van der Waals surface area contributed by atoms with Crippen LogP contribution in [0.5, 0.6) is 0 Å². The fourth-order valence-corrected chi connectivity index (χ4v) is 12.7. The molecular weight excluding hydrogens is 1290 g/mol. The van der Waals surface area contributed by atoms with Crippen LogP contribution in [-0.2, 0) is 19.6 Å². The molecule has 0 unspecified atom stereocenters. The van der Waals surface area contributed by atoms with E-state index < -0.39 is 5.97 Å². The zero-order chi connectivity index (χ0) is 71.0. The summed E-state index contributed by atoms with van der Waals surface area (Å²) in [6, 6.07) is 47.4. The summed E-state index contributed by atoms with van der Waals surface area (Å²) >= 11 is 0. The van der Waals surface area contributed by atoms with Crippen LogP contribution in [0.1, 0.15) is 143 Å². The third-order valence-electron chi connectivity index (χ3n) is 18.4. The van der Waals surface area contributed by atoms with Crippen LogP contribution in [0.4, 0.5) is 0 Å². The molecule has 522 valence electrons. The van der Waals surface area contributed by atoms with Crippen molar-refractivity contribution in [3.05, 3.63) is 241 Å². The quantitative estimate of drug-likeness (QED) is 0.0266. The molecule has 12 aromatic rings. The van der Waals surface area contributed by atoms with Gasteiger partial charge in [-0.15, -0.1) is 15.3 Å². The van der Waals surface area contributed by atoms with E-state index in [1.165, 1.54) is 0 Å². The van der Waals surface area contributed by atoms with Gasteiger partial charge in [-0.1, -0.05) is 146 Å². The van der Waals surface area contributed by atoms with E-state index in [0.717, 1.165) is 189 Å². The van der Waals surface area contributed by atoms with Crippen molar-refractivity contribution < 1.29 is 24.3 Å². The number of rotatable bonds is 36. The lowest BCUT2D eigenvalue weighted by Gasteiger charge is -2.16. The first kappa shape index (κ1) is 70.8. The molecule has 7 heterocycles. The molecule has 0 aliphatic heterocycles. The van der Waals surface area contributed by atoms with Crippen molar-refractivity contribution in [2.45, 2.75) is 123 Å². The molecule has 12 rings (SSSR count). The summed E-state index contributed by atoms with van der Waals surface area (Å²) < 4.78 is 5.62. The molecule has 3 amide bonds. The Morgan fingerprint density at radius 3 is 1.26 bits per heavy atom. The SMILES string of the molecule is Cc1cc(-c2ccc(-c3ccc(-c4ccc(C(=O)NCCCCCCCn5cc(-c6cccnc6)nn5)c(-c5ccc(C(=O)O)cc5)c4)nc3)c(C(=O)NCCCCCCCn3cc(-c4cccnc4)nn3)c2)ccc1-c1ccccc1C(=O)NCCCCCCCn1cc(-c2cccnc2)nn1. The number of hydrogen-bond acceptors (Lipinski definition) is 14. The van der Waals surface area contributed by atoms with E-state index in [-0.39, 0.29) is 23.3 Å². The minimum atomic E-state index is -1.04. The van der Waals surface area contributed by atoms with Crippen LogP contribution in [0.25, 0.3) is 89.5 Å². The van der Waals surface area contributed by atoms with E-state index in [1.807, 2.05) is 149 Å². The summed E-state index contributed by atoms with van der Waals surface area (Å²) in [5, 5.41) is 45.1. The summed E-state index contributed by atoms with van der Waals surface area (Å²) in [5.41, 5.74) is 15.6. The summed E-state index contributed by atoms with van der Waals surface area (Å²) in [4.78, 5) is 71.9. The lowest BCUT2D eigenvalue weighted by Crippen LogP contribution is -2.25. The van der Waals surface area contributed by atoms with Crippen molar-refractivity contribution in [2.75, 3.05) is 19.6 Å². The number of carbonyl (C=O) groups excluding carboxylic acids is 3. The van der Waals surface area contributed by atoms with Crippen molar-refractivity contribution in [1.29, 1.82) is 0 Å². The van der Waals surface area contributed by atoms with Crippen LogP contribution in [0.3, 0.4) is 0 Å². The Morgan fingerprint density at radius 1 is 0.350 bits per heavy atom. The number of benzene rings is 5. The number of carboxylic acids is 1. The Hall–Kier alpha value is -12.0. The minimum absolute atomic E-state index is 0.113. The van der Waals surface area contributed by atoms with Crippen LogP contribution in [-0.4, -0.2) is 113 Å². The summed E-state index contributed by atoms with van der Waals surface area (Å²) in [7, 11) is 0. The number of unbranched alkanes of at least 4 members (excludes halogenated alkanes) is 12. The number of aromatic nitrogens is 13. The highest BCUT2D eigenvalue weighted by atomic mass is 16.4. The number of pyridine rings is 4. The molecule has 4 N–H and O–H groups in total. The first-order valence-electron chi connectivity index (χ1n) is 35.6. The zero-order valence-corrected chi connectivity index (χ0v) is 58.0. The van der Waals surface area contributed by atoms with Crippen LogP contribution >= 0.6 is 0 Å². The van der Waals surface area contributed by atoms with Gasteiger partial charge in [0.25, 0.3) is 17.7 Å². The molecule has 0 bridgehead atoms. The number of hydrogen-bond donors (Lipinski definition) is 4. The number of carbonyl (C=O) groups is 4. The molecule has 0 spiro atoms. The molecule has 0 atom stereocenters. The van der Waals surface area contributed by atoms with Gasteiger partial charge in [0.1, 0.15) is 17.1 Å². The standard InChI is InChI=1S/C82H84N16O5/c1-58-48-61(31-35-68(58)70-25-11-12-26-71(70)79(99)86-42-13-5-2-8-16-45-96-55-76(90-93-96)65-22-19-39-83-51-65)62-32-36-69(74(49-62)81(101)88-44-15-7-4-10-18-47-98-57-78(92-95-98)67-24-21-41-85-53-67)64-34-38-75(89-54-64)63-33-37-72(73(50-63)59-27-29-60(30-28-59)82(102)103)80(100)87-43-14-6-3-9-17-46-97-56-77(91-94-97)66-23-20-40-84-52-66/h11-12,19-41,48-57H,2-10,13-18,42-47H2,1H3,(H,86,99)(H,87,100)(H,88,101)(H,102,103). The normalized spacial score (nSPS) is 11.2. The van der Waals surface area contributed by atoms with Crippen LogP contribution in [0.2, 0.25) is 0 Å². The van der Waals surface area contributed by atoms with E-state index in [9.17, 15) is 24.3 Å². The smallest absolute Gasteiger partial charge is 0.335 e. The van der Waals surface area contributed by atoms with E-state index >= 15 is 0 Å². The number of nitrogens with one attached hydrogen (secondary N) is 3. The maximum atomic E-state index is 14.6. The van der Waals surface area contributed by atoms with E-state index in [0.29, 0.717) is 58.7 Å². The second-order valence-corrected chi connectivity index (χ2v) is 25.8. The number of carboxylic acid groups (broad SMARTS) is 1. The van der Waals surface area contributed by atoms with Gasteiger partial charge in [-0.3, -0.25) is 48.4 Å². The molecule has 0 aliphatic carbocycles. The first-order valence-corrected chi connectivity index (χ1v) is 35.6. The number of aromatic carboxylic acids is 1. The molecule has 0 saturated carbocycles. The highest BCUT2D eigenvalue weighted by Gasteiger charge is 2.21. The van der Waals surface area contributed by atoms with Crippen molar-refractivity contribution >= 4 is 23.7 Å². The van der Waals surface area contributed by atoms with Crippen LogP contribution in [0.15, 0.2) is 214 Å². The highest BCUT2D eigenvalue weighted by molar-refractivity contribution is 6.04. The molecule has 0 fully saturated rings. The second kappa shape index (κ2) is 35.9. The van der Waals surface area contributed by atoms with Gasteiger partial charge >= 0.3 is 5.97 Å². The van der Waals surface area contributed by atoms with Crippen molar-refractivity contribution in [2.24, 2.45) is 0 Å². The zero-order valence-electron chi connectivity index (χ0n) is 58.0. The summed E-state index contributed by atoms with van der Waals surface area (Å²) in [6.07, 6.45) is 32.6. The molecule has 0 radical (unpaired) electrons. The monoisotopic (exact) mass is 1370 g/mol. The number of nitrogens with zero attached hydrogens (tertiary/aromatic N) is 13. The Morgan fingerprint density at radius 2 is 0.786 bits per heavy atom. The molecule has 103 heavy (non-hydrogen) atoms. The Balaban J connectivity index is 0.693. The molecule has 21 nitrogen and oxygen atoms in total. The van der Waals surface area contributed by atoms with Gasteiger partial charge in [-0.2, -0.15) is 0 Å². The predicted octanol–water partition coefficient (Wildman–Crippen LogP) is 15.5. The van der Waals surface area contributed by atoms with Gasteiger partial charge in [0.15, 0.2) is 0 Å². The van der Waals surface area contributed by atoms with Crippen molar-refractivity contribution in [3.63, 3.8) is 0 Å². The molecule has 21 heteroatoms. The largest absolute Gasteiger partial charge is 0.478 e. The third-order valence-corrected chi connectivity index (χ3v) is 18.4. The topological polar surface area (TPSA) is 268 Å². The predicted molar refractivity (Wildman–Crippen MR) is 399 cm³/mol. The van der Waals surface area contributed by atoms with Gasteiger partial charge in [-0.25, -0.2) is 4.79 Å². The molecule has 0 aliphatic rings. The van der Waals surface area contributed by atoms with Gasteiger partial charge in [0, 0.05) is 127 Å². The van der Waals surface area contributed by atoms with Crippen LogP contribution < -0.4 is 16.0 Å². The lowest BCUT2D eigenvalue weighted by molar-refractivity contribution is 0.0696. The molecule has 0 saturated heterocycles. The summed E-state index contributed by atoms with van der Waals surface area (Å²) in [5.74, 6) is -1.59. The first-order chi connectivity index (χ1) is 50.6. The average Bonchev–Trinajstić information content (AvgIpc) is 1.60. The van der Waals surface area contributed by atoms with Gasteiger partial charge < -0.3 is 21.1 Å². The maximum absolute atomic E-state index is 14.6. The highest BCUT2D eigenvalue weighted by Crippen LogP contribution is 2.36. The fourth-order valence-electron chi connectivity index (χ4n) is 12.7. The number of aryl methyl sites for hydroxylation is 4. The average molecular weight is 1370 g/mol. The number of amides is 3. The van der Waals surface area contributed by atoms with E-state index in [2.05, 4.69) is 74.0 Å². The van der Waals surface area contributed by atoms with Crippen molar-refractivity contribution in [1.82, 2.24) is 80.9 Å². The molecule has 5 aromatic carbocycles. The fraction of sp³-hybridized carbons (Fsp3) is 0.268. The molecular formula is C82H84N16O5. The van der Waals surface area contributed by atoms with E-state index in [4.69, 9.17) is 4.98 Å². The van der Waals surface area contributed by atoms with Crippen LogP contribution in [0, 0.1) is 6.92 Å². The van der Waals surface area contributed by atoms with Gasteiger partial charge in [-0.05, 0) is 169 Å². The maximum Gasteiger partial charge on any atom is 0.335 e. The Labute approximate surface area is 599 Å². The van der Waals surface area contributed by atoms with Gasteiger partial charge in [0.2, 0.25) is 0 Å². The minimum Gasteiger partial charge on any atom is -0.478 e.